The highest BCUT2D eigenvalue weighted by Gasteiger charge is 2.21. The first-order valence-electron chi connectivity index (χ1n) is 7.16. The molecule has 1 unspecified atom stereocenters. The Labute approximate surface area is 137 Å². The van der Waals surface area contributed by atoms with E-state index in [9.17, 15) is 4.79 Å². The standard InChI is InChI=1S/C14H18N4O2S2/c1-10-8-18(4-5-20-10)13(19)9-22-14-15-12(16-17-14)7-11-3-2-6-21-11/h2-3,6,10H,4-5,7-9H2,1H3,(H,15,16,17). The summed E-state index contributed by atoms with van der Waals surface area (Å²) in [6, 6.07) is 4.09. The van der Waals surface area contributed by atoms with Crippen molar-refractivity contribution in [2.24, 2.45) is 0 Å². The molecule has 1 N–H and O–H groups in total. The maximum atomic E-state index is 12.2. The second kappa shape index (κ2) is 7.26. The summed E-state index contributed by atoms with van der Waals surface area (Å²) < 4.78 is 5.44. The Balaban J connectivity index is 1.49. The van der Waals surface area contributed by atoms with E-state index in [2.05, 4.69) is 21.2 Å². The molecule has 1 aliphatic rings. The van der Waals surface area contributed by atoms with E-state index in [1.807, 2.05) is 23.3 Å². The van der Waals surface area contributed by atoms with Gasteiger partial charge in [-0.05, 0) is 18.4 Å². The van der Waals surface area contributed by atoms with Gasteiger partial charge < -0.3 is 9.64 Å². The van der Waals surface area contributed by atoms with Crippen molar-refractivity contribution < 1.29 is 9.53 Å². The summed E-state index contributed by atoms with van der Waals surface area (Å²) in [4.78, 5) is 19.7. The smallest absolute Gasteiger partial charge is 0.233 e. The number of H-pyrrole nitrogens is 1. The molecule has 22 heavy (non-hydrogen) atoms. The number of hydrogen-bond donors (Lipinski definition) is 1. The van der Waals surface area contributed by atoms with Gasteiger partial charge in [-0.2, -0.15) is 0 Å². The molecule has 118 valence electrons. The lowest BCUT2D eigenvalue weighted by atomic mass is 10.3. The van der Waals surface area contributed by atoms with Crippen molar-refractivity contribution in [1.29, 1.82) is 0 Å². The van der Waals surface area contributed by atoms with Gasteiger partial charge >= 0.3 is 0 Å². The molecule has 3 heterocycles. The molecule has 0 radical (unpaired) electrons. The van der Waals surface area contributed by atoms with Gasteiger partial charge in [0.2, 0.25) is 11.1 Å². The normalized spacial score (nSPS) is 18.6. The van der Waals surface area contributed by atoms with Gasteiger partial charge in [0.1, 0.15) is 5.82 Å². The summed E-state index contributed by atoms with van der Waals surface area (Å²) in [5, 5.41) is 9.77. The molecule has 3 rings (SSSR count). The molecule has 0 aromatic carbocycles. The van der Waals surface area contributed by atoms with Gasteiger partial charge in [0.15, 0.2) is 0 Å². The Kier molecular flexibility index (Phi) is 5.12. The highest BCUT2D eigenvalue weighted by Crippen LogP contribution is 2.17. The summed E-state index contributed by atoms with van der Waals surface area (Å²) in [7, 11) is 0. The summed E-state index contributed by atoms with van der Waals surface area (Å²) in [5.41, 5.74) is 0. The lowest BCUT2D eigenvalue weighted by Crippen LogP contribution is -2.45. The van der Waals surface area contributed by atoms with Crippen LogP contribution in [0.2, 0.25) is 0 Å². The van der Waals surface area contributed by atoms with Crippen LogP contribution in [0.1, 0.15) is 17.6 Å². The number of hydrogen-bond acceptors (Lipinski definition) is 6. The van der Waals surface area contributed by atoms with Crippen LogP contribution in [0.3, 0.4) is 0 Å². The molecule has 0 spiro atoms. The highest BCUT2D eigenvalue weighted by molar-refractivity contribution is 7.99. The minimum atomic E-state index is 0.114. The molecule has 1 aliphatic heterocycles. The lowest BCUT2D eigenvalue weighted by molar-refractivity contribution is -0.135. The number of nitrogens with one attached hydrogen (secondary N) is 1. The second-order valence-electron chi connectivity index (χ2n) is 5.13. The maximum Gasteiger partial charge on any atom is 0.233 e. The molecule has 8 heteroatoms. The number of carbonyl (C=O) groups is 1. The van der Waals surface area contributed by atoms with E-state index in [4.69, 9.17) is 4.74 Å². The second-order valence-corrected chi connectivity index (χ2v) is 7.11. The van der Waals surface area contributed by atoms with Crippen LogP contribution < -0.4 is 0 Å². The molecular formula is C14H18N4O2S2. The van der Waals surface area contributed by atoms with Crippen LogP contribution in [-0.4, -0.2) is 57.5 Å². The van der Waals surface area contributed by atoms with E-state index in [-0.39, 0.29) is 12.0 Å². The zero-order valence-electron chi connectivity index (χ0n) is 12.3. The third-order valence-electron chi connectivity index (χ3n) is 3.35. The van der Waals surface area contributed by atoms with Crippen LogP contribution in [0.25, 0.3) is 0 Å². The molecule has 1 atom stereocenters. The van der Waals surface area contributed by atoms with Gasteiger partial charge in [-0.3, -0.25) is 9.89 Å². The number of rotatable bonds is 5. The Morgan fingerprint density at radius 3 is 3.32 bits per heavy atom. The first-order valence-corrected chi connectivity index (χ1v) is 9.03. The average Bonchev–Trinajstić information content (AvgIpc) is 3.17. The zero-order chi connectivity index (χ0) is 15.4. The first kappa shape index (κ1) is 15.5. The number of thiophene rings is 1. The van der Waals surface area contributed by atoms with Crippen molar-refractivity contribution in [2.75, 3.05) is 25.4 Å². The molecular weight excluding hydrogens is 320 g/mol. The van der Waals surface area contributed by atoms with Gasteiger partial charge in [0.05, 0.1) is 18.5 Å². The Hall–Kier alpha value is -1.38. The predicted octanol–water partition coefficient (Wildman–Crippen LogP) is 1.80. The van der Waals surface area contributed by atoms with Crippen LogP contribution in [-0.2, 0) is 16.0 Å². The third kappa shape index (κ3) is 4.08. The van der Waals surface area contributed by atoms with Crippen LogP contribution in [0, 0.1) is 0 Å². The van der Waals surface area contributed by atoms with Gasteiger partial charge in [0.25, 0.3) is 0 Å². The molecule has 1 amide bonds. The van der Waals surface area contributed by atoms with Crippen molar-refractivity contribution in [3.63, 3.8) is 0 Å². The fraction of sp³-hybridized carbons (Fsp3) is 0.500. The molecule has 1 fully saturated rings. The number of carbonyl (C=O) groups excluding carboxylic acids is 1. The summed E-state index contributed by atoms with van der Waals surface area (Å²) in [5.74, 6) is 1.31. The number of ether oxygens (including phenoxy) is 1. The van der Waals surface area contributed by atoms with E-state index in [1.165, 1.54) is 16.6 Å². The number of thioether (sulfide) groups is 1. The highest BCUT2D eigenvalue weighted by atomic mass is 32.2. The number of morpholine rings is 1. The van der Waals surface area contributed by atoms with Crippen LogP contribution in [0.5, 0.6) is 0 Å². The Morgan fingerprint density at radius 2 is 2.55 bits per heavy atom. The first-order chi connectivity index (χ1) is 10.7. The minimum Gasteiger partial charge on any atom is -0.375 e. The van der Waals surface area contributed by atoms with Gasteiger partial charge in [-0.25, -0.2) is 4.98 Å². The van der Waals surface area contributed by atoms with Crippen molar-refractivity contribution in [2.45, 2.75) is 24.6 Å². The number of amides is 1. The van der Waals surface area contributed by atoms with Gasteiger partial charge in [-0.15, -0.1) is 16.4 Å². The van der Waals surface area contributed by atoms with Gasteiger partial charge in [0, 0.05) is 24.4 Å². The minimum absolute atomic E-state index is 0.114. The van der Waals surface area contributed by atoms with Crippen molar-refractivity contribution in [3.8, 4) is 0 Å². The van der Waals surface area contributed by atoms with Crippen LogP contribution >= 0.6 is 23.1 Å². The quantitative estimate of drug-likeness (QED) is 0.842. The van der Waals surface area contributed by atoms with Gasteiger partial charge in [-0.1, -0.05) is 17.8 Å². The fourth-order valence-corrected chi connectivity index (χ4v) is 3.69. The molecule has 0 aliphatic carbocycles. The van der Waals surface area contributed by atoms with Crippen LogP contribution in [0.15, 0.2) is 22.7 Å². The van der Waals surface area contributed by atoms with Crippen molar-refractivity contribution >= 4 is 29.0 Å². The van der Waals surface area contributed by atoms with E-state index in [0.29, 0.717) is 30.6 Å². The Morgan fingerprint density at radius 1 is 1.64 bits per heavy atom. The van der Waals surface area contributed by atoms with E-state index in [0.717, 1.165) is 12.2 Å². The van der Waals surface area contributed by atoms with E-state index >= 15 is 0 Å². The average molecular weight is 338 g/mol. The predicted molar refractivity (Wildman–Crippen MR) is 86.2 cm³/mol. The van der Waals surface area contributed by atoms with E-state index in [1.54, 1.807) is 11.3 Å². The third-order valence-corrected chi connectivity index (χ3v) is 5.06. The number of nitrogens with zero attached hydrogens (tertiary/aromatic N) is 3. The molecule has 0 bridgehead atoms. The molecule has 0 saturated carbocycles. The molecule has 6 nitrogen and oxygen atoms in total. The zero-order valence-corrected chi connectivity index (χ0v) is 14.0. The summed E-state index contributed by atoms with van der Waals surface area (Å²) in [6.07, 6.45) is 0.865. The topological polar surface area (TPSA) is 71.1 Å². The molecule has 1 saturated heterocycles. The monoisotopic (exact) mass is 338 g/mol. The van der Waals surface area contributed by atoms with Crippen molar-refractivity contribution in [1.82, 2.24) is 20.1 Å². The Bertz CT molecular complexity index is 614. The fourth-order valence-electron chi connectivity index (χ4n) is 2.26. The summed E-state index contributed by atoms with van der Waals surface area (Å²) in [6.45, 7) is 3.93. The number of aromatic amines is 1. The number of aromatic nitrogens is 3. The molecule has 2 aromatic rings. The maximum absolute atomic E-state index is 12.2. The molecule has 2 aromatic heterocycles. The summed E-state index contributed by atoms with van der Waals surface area (Å²) >= 11 is 3.07. The lowest BCUT2D eigenvalue weighted by Gasteiger charge is -2.31. The largest absolute Gasteiger partial charge is 0.375 e. The van der Waals surface area contributed by atoms with Crippen molar-refractivity contribution in [3.05, 3.63) is 28.2 Å². The SMILES string of the molecule is CC1CN(C(=O)CSc2n[nH]c(Cc3cccs3)n2)CCO1. The van der Waals surface area contributed by atoms with Crippen LogP contribution in [0.4, 0.5) is 0 Å². The van der Waals surface area contributed by atoms with E-state index < -0.39 is 0 Å².